The molecule has 4 nitrogen and oxygen atoms in total. The van der Waals surface area contributed by atoms with E-state index < -0.39 is 0 Å². The van der Waals surface area contributed by atoms with Gasteiger partial charge in [0.2, 0.25) is 0 Å². The molecule has 0 rings (SSSR count). The summed E-state index contributed by atoms with van der Waals surface area (Å²) in [5, 5.41) is 0. The van der Waals surface area contributed by atoms with Crippen LogP contribution in [0.25, 0.3) is 0 Å². The highest BCUT2D eigenvalue weighted by Crippen LogP contribution is 2.16. The second kappa shape index (κ2) is 45.6. The van der Waals surface area contributed by atoms with Gasteiger partial charge < -0.3 is 9.47 Å². The van der Waals surface area contributed by atoms with Crippen LogP contribution in [-0.4, -0.2) is 25.2 Å². The van der Waals surface area contributed by atoms with E-state index >= 15 is 0 Å². The van der Waals surface area contributed by atoms with E-state index in [1.807, 2.05) is 0 Å². The minimum atomic E-state index is -0.254. The summed E-state index contributed by atoms with van der Waals surface area (Å²) in [6.45, 7) is 16.2. The summed E-state index contributed by atoms with van der Waals surface area (Å²) >= 11 is 0. The Labute approximate surface area is 326 Å². The van der Waals surface area contributed by atoms with Gasteiger partial charge in [-0.15, -0.1) is 0 Å². The fourth-order valence-electron chi connectivity index (χ4n) is 6.58. The van der Waals surface area contributed by atoms with Crippen molar-refractivity contribution < 1.29 is 19.1 Å². The van der Waals surface area contributed by atoms with Gasteiger partial charge in [-0.2, -0.15) is 0 Å². The van der Waals surface area contributed by atoms with E-state index in [-0.39, 0.29) is 11.9 Å². The fourth-order valence-corrected chi connectivity index (χ4v) is 6.58. The fraction of sp³-hybridized carbons (Fsp3) is 0.875. The second-order valence-corrected chi connectivity index (χ2v) is 15.9. The van der Waals surface area contributed by atoms with E-state index in [9.17, 15) is 9.59 Å². The minimum Gasteiger partial charge on any atom is -0.462 e. The summed E-state index contributed by atoms with van der Waals surface area (Å²) in [7, 11) is 0. The van der Waals surface area contributed by atoms with Crippen LogP contribution in [0.15, 0.2) is 24.3 Å². The molecule has 0 N–H and O–H groups in total. The quantitative estimate of drug-likeness (QED) is 0.0357. The third-order valence-electron chi connectivity index (χ3n) is 10.2. The van der Waals surface area contributed by atoms with Gasteiger partial charge in [0.1, 0.15) is 0 Å². The number of unbranched alkanes of at least 4 members (excludes halogenated alkanes) is 34. The summed E-state index contributed by atoms with van der Waals surface area (Å²) in [6.07, 6.45) is 49.4. The molecule has 0 heterocycles. The van der Waals surface area contributed by atoms with Gasteiger partial charge >= 0.3 is 11.9 Å². The molecule has 0 aliphatic heterocycles. The normalized spacial score (nSPS) is 10.8. The molecule has 0 aliphatic rings. The molecular weight excluding hydrogens is 641 g/mol. The number of rotatable bonds is 40. The average Bonchev–Trinajstić information content (AvgIpc) is 3.13. The van der Waals surface area contributed by atoms with Crippen molar-refractivity contribution in [1.29, 1.82) is 0 Å². The smallest absolute Gasteiger partial charge is 0.333 e. The zero-order valence-electron chi connectivity index (χ0n) is 35.9. The zero-order valence-corrected chi connectivity index (χ0v) is 35.9. The van der Waals surface area contributed by atoms with Crippen LogP contribution in [0.5, 0.6) is 0 Å². The van der Waals surface area contributed by atoms with Crippen LogP contribution in [0, 0.1) is 0 Å². The molecule has 0 aromatic heterocycles. The summed E-state index contributed by atoms with van der Waals surface area (Å²) < 4.78 is 10.2. The third kappa shape index (κ3) is 46.4. The Hall–Kier alpha value is -1.58. The third-order valence-corrected chi connectivity index (χ3v) is 10.2. The molecule has 0 amide bonds. The van der Waals surface area contributed by atoms with Crippen molar-refractivity contribution in [3.63, 3.8) is 0 Å². The molecule has 4 heteroatoms. The summed E-state index contributed by atoms with van der Waals surface area (Å²) in [5.74, 6) is -0.506. The largest absolute Gasteiger partial charge is 0.462 e. The number of esters is 2. The molecule has 52 heavy (non-hydrogen) atoms. The first-order valence-electron chi connectivity index (χ1n) is 23.0. The van der Waals surface area contributed by atoms with Crippen LogP contribution >= 0.6 is 0 Å². The molecule has 0 spiro atoms. The lowest BCUT2D eigenvalue weighted by Crippen LogP contribution is -2.05. The molecule has 0 radical (unpaired) electrons. The molecule has 0 saturated carbocycles. The van der Waals surface area contributed by atoms with Crippen molar-refractivity contribution in [2.45, 2.75) is 259 Å². The van der Waals surface area contributed by atoms with Gasteiger partial charge in [-0.05, 0) is 26.7 Å². The molecule has 0 aromatic rings. The lowest BCUT2D eigenvalue weighted by Gasteiger charge is -2.05. The number of ether oxygens (including phenoxy) is 2. The Balaban J connectivity index is 0. The first-order valence-corrected chi connectivity index (χ1v) is 23.0. The van der Waals surface area contributed by atoms with Gasteiger partial charge in [-0.25, -0.2) is 9.59 Å². The predicted octanol–water partition coefficient (Wildman–Crippen LogP) is 16.3. The van der Waals surface area contributed by atoms with Crippen molar-refractivity contribution in [3.8, 4) is 0 Å². The zero-order chi connectivity index (χ0) is 38.6. The van der Waals surface area contributed by atoms with Crippen LogP contribution in [0.1, 0.15) is 259 Å². The summed E-state index contributed by atoms with van der Waals surface area (Å²) in [4.78, 5) is 22.4. The Bertz CT molecular complexity index is 772. The predicted molar refractivity (Wildman–Crippen MR) is 229 cm³/mol. The Morgan fingerprint density at radius 3 is 0.615 bits per heavy atom. The summed E-state index contributed by atoms with van der Waals surface area (Å²) in [6, 6.07) is 0. The minimum absolute atomic E-state index is 0.252. The van der Waals surface area contributed by atoms with Crippen LogP contribution in [-0.2, 0) is 19.1 Å². The van der Waals surface area contributed by atoms with Crippen LogP contribution in [0.2, 0.25) is 0 Å². The number of hydrogen-bond donors (Lipinski definition) is 0. The lowest BCUT2D eigenvalue weighted by molar-refractivity contribution is -0.139. The molecular formula is C48H92O4. The monoisotopic (exact) mass is 733 g/mol. The Kier molecular flexibility index (Phi) is 46.0. The van der Waals surface area contributed by atoms with Crippen LogP contribution in [0.3, 0.4) is 0 Å². The van der Waals surface area contributed by atoms with Crippen molar-refractivity contribution in [2.24, 2.45) is 0 Å². The van der Waals surface area contributed by atoms with Gasteiger partial charge in [0, 0.05) is 11.1 Å². The molecule has 0 fully saturated rings. The van der Waals surface area contributed by atoms with Crippen molar-refractivity contribution in [2.75, 3.05) is 13.2 Å². The number of carbonyl (C=O) groups excluding carboxylic acids is 2. The average molecular weight is 733 g/mol. The standard InChI is InChI=1S/C26H50O2.C22H42O2/c1-4-5-6-7-8-9-10-11-12-13-14-15-16-17-18-19-20-21-22-23-24-28-26(27)25(2)3;1-4-5-6-7-8-9-10-11-12-13-14-15-16-17-18-19-20-24-22(23)21(2)3/h2,4-24H2,1,3H3;2,4-20H2,1,3H3. The number of carbonyl (C=O) groups is 2. The van der Waals surface area contributed by atoms with Crippen molar-refractivity contribution >= 4 is 11.9 Å². The maximum Gasteiger partial charge on any atom is 0.333 e. The van der Waals surface area contributed by atoms with Crippen molar-refractivity contribution in [1.82, 2.24) is 0 Å². The molecule has 0 bridgehead atoms. The first-order chi connectivity index (χ1) is 25.4. The maximum atomic E-state index is 11.2. The van der Waals surface area contributed by atoms with E-state index in [0.29, 0.717) is 24.4 Å². The number of hydrogen-bond acceptors (Lipinski definition) is 4. The van der Waals surface area contributed by atoms with E-state index in [1.165, 1.54) is 218 Å². The molecule has 0 unspecified atom stereocenters. The molecule has 0 aliphatic carbocycles. The Morgan fingerprint density at radius 2 is 0.462 bits per heavy atom. The highest BCUT2D eigenvalue weighted by Gasteiger charge is 2.03. The van der Waals surface area contributed by atoms with E-state index in [1.54, 1.807) is 13.8 Å². The highest BCUT2D eigenvalue weighted by atomic mass is 16.5. The highest BCUT2D eigenvalue weighted by molar-refractivity contribution is 5.87. The molecule has 0 aromatic carbocycles. The van der Waals surface area contributed by atoms with Gasteiger partial charge in [0.25, 0.3) is 0 Å². The molecule has 0 atom stereocenters. The molecule has 0 saturated heterocycles. The van der Waals surface area contributed by atoms with E-state index in [4.69, 9.17) is 9.47 Å². The second-order valence-electron chi connectivity index (χ2n) is 15.9. The van der Waals surface area contributed by atoms with Gasteiger partial charge in [0.15, 0.2) is 0 Å². The SMILES string of the molecule is C=C(C)C(=O)OCCCCCCCCCCCCCCCCCC.C=C(C)C(=O)OCCCCCCCCCCCCCCCCCCCCCC. The summed E-state index contributed by atoms with van der Waals surface area (Å²) in [5.41, 5.74) is 0.986. The lowest BCUT2D eigenvalue weighted by atomic mass is 10.0. The van der Waals surface area contributed by atoms with Crippen molar-refractivity contribution in [3.05, 3.63) is 24.3 Å². The Morgan fingerprint density at radius 1 is 0.308 bits per heavy atom. The maximum absolute atomic E-state index is 11.2. The van der Waals surface area contributed by atoms with E-state index in [0.717, 1.165) is 12.8 Å². The van der Waals surface area contributed by atoms with Crippen LogP contribution < -0.4 is 0 Å². The van der Waals surface area contributed by atoms with Gasteiger partial charge in [0.05, 0.1) is 13.2 Å². The van der Waals surface area contributed by atoms with Gasteiger partial charge in [-0.3, -0.25) is 0 Å². The van der Waals surface area contributed by atoms with Crippen LogP contribution in [0.4, 0.5) is 0 Å². The molecule has 308 valence electrons. The topological polar surface area (TPSA) is 52.6 Å². The first kappa shape index (κ1) is 52.5. The van der Waals surface area contributed by atoms with Gasteiger partial charge in [-0.1, -0.05) is 245 Å². The van der Waals surface area contributed by atoms with E-state index in [2.05, 4.69) is 27.0 Å².